The number of pyridine rings is 2. The quantitative estimate of drug-likeness (QED) is 0.594. The normalized spacial score (nSPS) is 11.4. The Morgan fingerprint density at radius 2 is 1.50 bits per heavy atom. The third-order valence-corrected chi connectivity index (χ3v) is 5.25. The number of fused-ring (bicyclic) bond motifs is 1. The van der Waals surface area contributed by atoms with Gasteiger partial charge in [0.25, 0.3) is 10.0 Å². The Labute approximate surface area is 151 Å². The van der Waals surface area contributed by atoms with Crippen LogP contribution >= 0.6 is 0 Å². The van der Waals surface area contributed by atoms with Crippen LogP contribution in [0.4, 0.5) is 5.69 Å². The van der Waals surface area contributed by atoms with Crippen molar-refractivity contribution in [2.24, 2.45) is 0 Å². The lowest BCUT2D eigenvalue weighted by molar-refractivity contribution is 0.597. The fraction of sp³-hybridized carbons (Fsp3) is 0. The number of nitrogens with zero attached hydrogens (tertiary/aromatic N) is 2. The topological polar surface area (TPSA) is 72.0 Å². The number of hydrogen-bond acceptors (Lipinski definition) is 4. The van der Waals surface area contributed by atoms with Crippen molar-refractivity contribution >= 4 is 26.6 Å². The fourth-order valence-electron chi connectivity index (χ4n) is 2.77. The van der Waals surface area contributed by atoms with E-state index in [1.165, 1.54) is 12.3 Å². The van der Waals surface area contributed by atoms with E-state index in [2.05, 4.69) is 14.7 Å². The second-order valence-electron chi connectivity index (χ2n) is 5.74. The van der Waals surface area contributed by atoms with E-state index in [-0.39, 0.29) is 5.03 Å². The number of nitrogens with one attached hydrogen (secondary N) is 1. The van der Waals surface area contributed by atoms with E-state index < -0.39 is 10.0 Å². The minimum absolute atomic E-state index is 0.0332. The van der Waals surface area contributed by atoms with Crippen molar-refractivity contribution in [3.8, 4) is 11.1 Å². The molecule has 0 bridgehead atoms. The molecule has 2 aromatic heterocycles. The van der Waals surface area contributed by atoms with Crippen molar-refractivity contribution < 1.29 is 8.42 Å². The van der Waals surface area contributed by atoms with Gasteiger partial charge >= 0.3 is 0 Å². The average Bonchev–Trinajstić information content (AvgIpc) is 2.69. The first-order chi connectivity index (χ1) is 12.6. The largest absolute Gasteiger partial charge is 0.279 e. The zero-order chi connectivity index (χ0) is 18.0. The van der Waals surface area contributed by atoms with E-state index in [9.17, 15) is 8.42 Å². The summed E-state index contributed by atoms with van der Waals surface area (Å²) in [5.41, 5.74) is 2.92. The van der Waals surface area contributed by atoms with Gasteiger partial charge in [0, 0.05) is 17.8 Å². The van der Waals surface area contributed by atoms with Gasteiger partial charge in [-0.1, -0.05) is 42.5 Å². The van der Waals surface area contributed by atoms with Crippen LogP contribution in [0.2, 0.25) is 0 Å². The predicted molar refractivity (Wildman–Crippen MR) is 102 cm³/mol. The molecule has 0 unspecified atom stereocenters. The molecule has 2 aromatic carbocycles. The maximum Gasteiger partial charge on any atom is 0.279 e. The molecule has 6 heteroatoms. The molecule has 4 aromatic rings. The Morgan fingerprint density at radius 3 is 2.27 bits per heavy atom. The van der Waals surface area contributed by atoms with Crippen LogP contribution in [-0.4, -0.2) is 18.4 Å². The van der Waals surface area contributed by atoms with Crippen LogP contribution in [0.25, 0.3) is 22.0 Å². The van der Waals surface area contributed by atoms with E-state index in [1.807, 2.05) is 48.5 Å². The first kappa shape index (κ1) is 16.2. The zero-order valence-electron chi connectivity index (χ0n) is 13.7. The molecule has 4 rings (SSSR count). The van der Waals surface area contributed by atoms with Gasteiger partial charge in [0.15, 0.2) is 5.03 Å². The molecule has 0 atom stereocenters. The van der Waals surface area contributed by atoms with Gasteiger partial charge in [-0.05, 0) is 41.5 Å². The summed E-state index contributed by atoms with van der Waals surface area (Å²) in [6, 6.07) is 22.1. The van der Waals surface area contributed by atoms with E-state index in [0.717, 1.165) is 16.5 Å². The summed E-state index contributed by atoms with van der Waals surface area (Å²) in [5, 5.41) is 0.821. The SMILES string of the molecule is O=S(=O)(Nc1cc(-c2ccccc2)cc2cccnc12)c1ccccn1. The maximum atomic E-state index is 12.7. The number of anilines is 1. The van der Waals surface area contributed by atoms with E-state index >= 15 is 0 Å². The van der Waals surface area contributed by atoms with Gasteiger partial charge in [-0.15, -0.1) is 0 Å². The van der Waals surface area contributed by atoms with Gasteiger partial charge in [-0.3, -0.25) is 9.71 Å². The number of hydrogen-bond donors (Lipinski definition) is 1. The molecule has 1 N–H and O–H groups in total. The Bertz CT molecular complexity index is 1160. The van der Waals surface area contributed by atoms with Gasteiger partial charge in [-0.2, -0.15) is 8.42 Å². The summed E-state index contributed by atoms with van der Waals surface area (Å²) >= 11 is 0. The van der Waals surface area contributed by atoms with E-state index in [0.29, 0.717) is 11.2 Å². The van der Waals surface area contributed by atoms with Gasteiger partial charge in [-0.25, -0.2) is 4.98 Å². The minimum Gasteiger partial charge on any atom is -0.276 e. The summed E-state index contributed by atoms with van der Waals surface area (Å²) in [6.07, 6.45) is 3.09. The van der Waals surface area contributed by atoms with Crippen molar-refractivity contribution in [1.29, 1.82) is 0 Å². The van der Waals surface area contributed by atoms with Crippen LogP contribution in [0.3, 0.4) is 0 Å². The van der Waals surface area contributed by atoms with Gasteiger partial charge in [0.1, 0.15) is 0 Å². The number of rotatable bonds is 4. The lowest BCUT2D eigenvalue weighted by atomic mass is 10.0. The molecule has 0 amide bonds. The highest BCUT2D eigenvalue weighted by molar-refractivity contribution is 7.92. The molecule has 0 radical (unpaired) electrons. The molecule has 5 nitrogen and oxygen atoms in total. The summed E-state index contributed by atoms with van der Waals surface area (Å²) in [7, 11) is -3.80. The summed E-state index contributed by atoms with van der Waals surface area (Å²) in [5.74, 6) is 0. The van der Waals surface area contributed by atoms with Crippen LogP contribution in [0.5, 0.6) is 0 Å². The Morgan fingerprint density at radius 1 is 0.731 bits per heavy atom. The van der Waals surface area contributed by atoms with Gasteiger partial charge < -0.3 is 0 Å². The second-order valence-corrected chi connectivity index (χ2v) is 7.37. The average molecular weight is 361 g/mol. The van der Waals surface area contributed by atoms with Gasteiger partial charge in [0.2, 0.25) is 0 Å². The fourth-order valence-corrected chi connectivity index (χ4v) is 3.78. The first-order valence-electron chi connectivity index (χ1n) is 8.01. The molecule has 0 spiro atoms. The Kier molecular flexibility index (Phi) is 4.10. The number of sulfonamides is 1. The molecule has 0 aliphatic rings. The Balaban J connectivity index is 1.86. The first-order valence-corrected chi connectivity index (χ1v) is 9.50. The van der Waals surface area contributed by atoms with Crippen molar-refractivity contribution in [3.63, 3.8) is 0 Å². The minimum atomic E-state index is -3.80. The summed E-state index contributed by atoms with van der Waals surface area (Å²) in [6.45, 7) is 0. The predicted octanol–water partition coefficient (Wildman–Crippen LogP) is 4.10. The summed E-state index contributed by atoms with van der Waals surface area (Å²) < 4.78 is 28.0. The van der Waals surface area contributed by atoms with Crippen molar-refractivity contribution in [1.82, 2.24) is 9.97 Å². The smallest absolute Gasteiger partial charge is 0.276 e. The monoisotopic (exact) mass is 361 g/mol. The maximum absolute atomic E-state index is 12.7. The van der Waals surface area contributed by atoms with Crippen molar-refractivity contribution in [2.75, 3.05) is 4.72 Å². The van der Waals surface area contributed by atoms with Crippen LogP contribution < -0.4 is 4.72 Å². The van der Waals surface area contributed by atoms with E-state index in [4.69, 9.17) is 0 Å². The summed E-state index contributed by atoms with van der Waals surface area (Å²) in [4.78, 5) is 8.28. The van der Waals surface area contributed by atoms with Crippen LogP contribution in [-0.2, 0) is 10.0 Å². The highest BCUT2D eigenvalue weighted by Crippen LogP contribution is 2.31. The van der Waals surface area contributed by atoms with E-state index in [1.54, 1.807) is 24.4 Å². The van der Waals surface area contributed by atoms with Crippen molar-refractivity contribution in [3.05, 3.63) is 85.2 Å². The van der Waals surface area contributed by atoms with Crippen LogP contribution in [0.1, 0.15) is 0 Å². The molecule has 0 aliphatic heterocycles. The number of benzene rings is 2. The van der Waals surface area contributed by atoms with Gasteiger partial charge in [0.05, 0.1) is 11.2 Å². The Hall–Kier alpha value is -3.25. The standard InChI is InChI=1S/C20H15N3O2S/c24-26(25,19-10-4-5-11-21-19)23-18-14-17(15-7-2-1-3-8-15)13-16-9-6-12-22-20(16)18/h1-14,23H. The molecule has 2 heterocycles. The molecular weight excluding hydrogens is 346 g/mol. The lowest BCUT2D eigenvalue weighted by Gasteiger charge is -2.12. The molecule has 128 valence electrons. The molecule has 26 heavy (non-hydrogen) atoms. The molecule has 0 fully saturated rings. The second kappa shape index (κ2) is 6.57. The molecular formula is C20H15N3O2S. The molecule has 0 aliphatic carbocycles. The molecule has 0 saturated carbocycles. The molecule has 0 saturated heterocycles. The highest BCUT2D eigenvalue weighted by atomic mass is 32.2. The van der Waals surface area contributed by atoms with Crippen LogP contribution in [0, 0.1) is 0 Å². The van der Waals surface area contributed by atoms with Crippen LogP contribution in [0.15, 0.2) is 90.2 Å². The third-order valence-electron chi connectivity index (χ3n) is 3.97. The third kappa shape index (κ3) is 3.14. The highest BCUT2D eigenvalue weighted by Gasteiger charge is 2.18. The zero-order valence-corrected chi connectivity index (χ0v) is 14.5. The lowest BCUT2D eigenvalue weighted by Crippen LogP contribution is -2.14. The number of aromatic nitrogens is 2. The van der Waals surface area contributed by atoms with Crippen molar-refractivity contribution in [2.45, 2.75) is 5.03 Å².